The van der Waals surface area contributed by atoms with Crippen molar-refractivity contribution in [3.05, 3.63) is 57.0 Å². The highest BCUT2D eigenvalue weighted by atomic mass is 35.5. The van der Waals surface area contributed by atoms with Gasteiger partial charge >= 0.3 is 11.7 Å². The Labute approximate surface area is 128 Å². The monoisotopic (exact) mass is 325 g/mol. The Kier molecular flexibility index (Phi) is 4.52. The standard InChI is InChI=1S/C13H9ClFN3O4/c1-22-13(19)7-4-11(18(20)21)12(16-6-7)17-10-5-8(15)2-3-9(10)14/h2-6H,1H3,(H,16,17). The molecule has 0 spiro atoms. The van der Waals surface area contributed by atoms with Crippen molar-refractivity contribution in [3.63, 3.8) is 0 Å². The fraction of sp³-hybridized carbons (Fsp3) is 0.0769. The quantitative estimate of drug-likeness (QED) is 0.526. The lowest BCUT2D eigenvalue weighted by Crippen LogP contribution is -2.06. The first-order valence-electron chi connectivity index (χ1n) is 5.87. The van der Waals surface area contributed by atoms with Crippen molar-refractivity contribution in [2.24, 2.45) is 0 Å². The summed E-state index contributed by atoms with van der Waals surface area (Å²) in [6.45, 7) is 0. The number of nitrogens with zero attached hydrogens (tertiary/aromatic N) is 2. The number of carbonyl (C=O) groups excluding carboxylic acids is 1. The maximum Gasteiger partial charge on any atom is 0.339 e. The number of benzene rings is 1. The van der Waals surface area contributed by atoms with E-state index in [1.54, 1.807) is 0 Å². The van der Waals surface area contributed by atoms with Crippen molar-refractivity contribution < 1.29 is 18.8 Å². The van der Waals surface area contributed by atoms with Gasteiger partial charge in [-0.15, -0.1) is 0 Å². The molecule has 0 aliphatic carbocycles. The molecule has 1 heterocycles. The number of esters is 1. The lowest BCUT2D eigenvalue weighted by atomic mass is 10.2. The number of ether oxygens (including phenoxy) is 1. The van der Waals surface area contributed by atoms with Gasteiger partial charge in [0.1, 0.15) is 5.82 Å². The maximum absolute atomic E-state index is 13.2. The predicted molar refractivity (Wildman–Crippen MR) is 76.9 cm³/mol. The Bertz CT molecular complexity index is 754. The number of rotatable bonds is 4. The van der Waals surface area contributed by atoms with Crippen LogP contribution < -0.4 is 5.32 Å². The molecular weight excluding hydrogens is 317 g/mol. The maximum atomic E-state index is 13.2. The molecular formula is C13H9ClFN3O4. The lowest BCUT2D eigenvalue weighted by molar-refractivity contribution is -0.384. The van der Waals surface area contributed by atoms with Gasteiger partial charge in [-0.05, 0) is 18.2 Å². The highest BCUT2D eigenvalue weighted by Gasteiger charge is 2.20. The van der Waals surface area contributed by atoms with Gasteiger partial charge < -0.3 is 10.1 Å². The van der Waals surface area contributed by atoms with Crippen LogP contribution in [0.25, 0.3) is 0 Å². The molecule has 114 valence electrons. The van der Waals surface area contributed by atoms with Crippen LogP contribution in [-0.2, 0) is 4.74 Å². The molecule has 0 fully saturated rings. The van der Waals surface area contributed by atoms with Crippen molar-refractivity contribution in [1.29, 1.82) is 0 Å². The second-order valence-corrected chi connectivity index (χ2v) is 4.50. The zero-order chi connectivity index (χ0) is 16.3. The van der Waals surface area contributed by atoms with Crippen LogP contribution in [0, 0.1) is 15.9 Å². The van der Waals surface area contributed by atoms with Crippen LogP contribution in [0.4, 0.5) is 21.6 Å². The van der Waals surface area contributed by atoms with E-state index in [0.717, 1.165) is 31.5 Å². The molecule has 0 atom stereocenters. The van der Waals surface area contributed by atoms with Crippen LogP contribution in [0.1, 0.15) is 10.4 Å². The van der Waals surface area contributed by atoms with Crippen molar-refractivity contribution in [1.82, 2.24) is 4.98 Å². The molecule has 0 aliphatic heterocycles. The number of aromatic nitrogens is 1. The van der Waals surface area contributed by atoms with Crippen molar-refractivity contribution in [3.8, 4) is 0 Å². The average molecular weight is 326 g/mol. The number of anilines is 2. The molecule has 22 heavy (non-hydrogen) atoms. The van der Waals surface area contributed by atoms with Gasteiger partial charge in [0.05, 0.1) is 28.3 Å². The smallest absolute Gasteiger partial charge is 0.339 e. The highest BCUT2D eigenvalue weighted by molar-refractivity contribution is 6.33. The van der Waals surface area contributed by atoms with E-state index in [4.69, 9.17) is 11.6 Å². The SMILES string of the molecule is COC(=O)c1cnc(Nc2cc(F)ccc2Cl)c([N+](=O)[O-])c1. The van der Waals surface area contributed by atoms with E-state index in [1.165, 1.54) is 6.07 Å². The third kappa shape index (κ3) is 3.29. The van der Waals surface area contributed by atoms with Crippen LogP contribution in [0.15, 0.2) is 30.5 Å². The Hall–Kier alpha value is -2.74. The number of nitro groups is 1. The zero-order valence-corrected chi connectivity index (χ0v) is 11.9. The van der Waals surface area contributed by atoms with E-state index in [1.807, 2.05) is 0 Å². The molecule has 2 rings (SSSR count). The number of pyridine rings is 1. The number of hydrogen-bond acceptors (Lipinski definition) is 6. The fourth-order valence-electron chi connectivity index (χ4n) is 1.64. The lowest BCUT2D eigenvalue weighted by Gasteiger charge is -2.09. The molecule has 1 aromatic heterocycles. The third-order valence-corrected chi connectivity index (χ3v) is 3.00. The van der Waals surface area contributed by atoms with Gasteiger partial charge in [-0.2, -0.15) is 0 Å². The summed E-state index contributed by atoms with van der Waals surface area (Å²) in [4.78, 5) is 25.5. The number of nitrogens with one attached hydrogen (secondary N) is 1. The summed E-state index contributed by atoms with van der Waals surface area (Å²) in [6, 6.07) is 4.53. The molecule has 9 heteroatoms. The van der Waals surface area contributed by atoms with Crippen LogP contribution in [0.5, 0.6) is 0 Å². The molecule has 2 aromatic rings. The fourth-order valence-corrected chi connectivity index (χ4v) is 1.80. The minimum Gasteiger partial charge on any atom is -0.465 e. The van der Waals surface area contributed by atoms with Crippen LogP contribution >= 0.6 is 11.6 Å². The molecule has 0 saturated heterocycles. The van der Waals surface area contributed by atoms with Gasteiger partial charge in [0.25, 0.3) is 0 Å². The van der Waals surface area contributed by atoms with E-state index in [2.05, 4.69) is 15.0 Å². The Morgan fingerprint density at radius 1 is 1.45 bits per heavy atom. The third-order valence-electron chi connectivity index (χ3n) is 2.67. The van der Waals surface area contributed by atoms with E-state index < -0.39 is 22.4 Å². The molecule has 0 aliphatic rings. The first kappa shape index (κ1) is 15.6. The van der Waals surface area contributed by atoms with Crippen LogP contribution in [0.3, 0.4) is 0 Å². The summed E-state index contributed by atoms with van der Waals surface area (Å²) in [6.07, 6.45) is 1.11. The van der Waals surface area contributed by atoms with E-state index in [0.29, 0.717) is 0 Å². The number of halogens is 2. The number of hydrogen-bond donors (Lipinski definition) is 1. The molecule has 1 aromatic carbocycles. The molecule has 0 unspecified atom stereocenters. The average Bonchev–Trinajstić information content (AvgIpc) is 2.50. The number of carbonyl (C=O) groups is 1. The van der Waals surface area contributed by atoms with Gasteiger partial charge in [-0.25, -0.2) is 14.2 Å². The highest BCUT2D eigenvalue weighted by Crippen LogP contribution is 2.30. The Morgan fingerprint density at radius 3 is 2.82 bits per heavy atom. The number of methoxy groups -OCH3 is 1. The zero-order valence-electron chi connectivity index (χ0n) is 11.2. The summed E-state index contributed by atoms with van der Waals surface area (Å²) < 4.78 is 17.7. The molecule has 0 saturated carbocycles. The van der Waals surface area contributed by atoms with Gasteiger partial charge in [0, 0.05) is 12.3 Å². The second kappa shape index (κ2) is 6.35. The summed E-state index contributed by atoms with van der Waals surface area (Å²) in [5.74, 6) is -1.50. The molecule has 0 radical (unpaired) electrons. The van der Waals surface area contributed by atoms with Crippen molar-refractivity contribution in [2.75, 3.05) is 12.4 Å². The Morgan fingerprint density at radius 2 is 2.18 bits per heavy atom. The van der Waals surface area contributed by atoms with Gasteiger partial charge in [0.15, 0.2) is 0 Å². The van der Waals surface area contributed by atoms with Crippen molar-refractivity contribution in [2.45, 2.75) is 0 Å². The summed E-state index contributed by atoms with van der Waals surface area (Å²) in [7, 11) is 1.15. The summed E-state index contributed by atoms with van der Waals surface area (Å²) >= 11 is 5.88. The second-order valence-electron chi connectivity index (χ2n) is 4.09. The molecule has 0 amide bonds. The van der Waals surface area contributed by atoms with E-state index in [9.17, 15) is 19.3 Å². The first-order chi connectivity index (χ1) is 10.4. The molecule has 0 bridgehead atoms. The molecule has 1 N–H and O–H groups in total. The van der Waals surface area contributed by atoms with Gasteiger partial charge in [0.2, 0.25) is 5.82 Å². The minimum atomic E-state index is -0.758. The summed E-state index contributed by atoms with van der Waals surface area (Å²) in [5.41, 5.74) is -0.434. The van der Waals surface area contributed by atoms with Crippen molar-refractivity contribution >= 4 is 34.8 Å². The summed E-state index contributed by atoms with van der Waals surface area (Å²) in [5, 5.41) is 13.8. The van der Waals surface area contributed by atoms with Crippen LogP contribution in [-0.4, -0.2) is 23.0 Å². The van der Waals surface area contributed by atoms with Crippen LogP contribution in [0.2, 0.25) is 5.02 Å². The topological polar surface area (TPSA) is 94.4 Å². The minimum absolute atomic E-state index is 0.0786. The van der Waals surface area contributed by atoms with Gasteiger partial charge in [-0.1, -0.05) is 11.6 Å². The Balaban J connectivity index is 2.44. The molecule has 7 nitrogen and oxygen atoms in total. The van der Waals surface area contributed by atoms with Gasteiger partial charge in [-0.3, -0.25) is 10.1 Å². The van der Waals surface area contributed by atoms with E-state index in [-0.39, 0.29) is 22.1 Å². The predicted octanol–water partition coefficient (Wildman–Crippen LogP) is 3.31. The normalized spacial score (nSPS) is 10.1. The van der Waals surface area contributed by atoms with E-state index >= 15 is 0 Å². The largest absolute Gasteiger partial charge is 0.465 e. The first-order valence-corrected chi connectivity index (χ1v) is 6.25.